The summed E-state index contributed by atoms with van der Waals surface area (Å²) in [6.45, 7) is 19.3. The number of unbranched alkanes of at least 4 members (excludes halogenated alkanes) is 15. The Bertz CT molecular complexity index is 1160. The highest BCUT2D eigenvalue weighted by Crippen LogP contribution is 2.67. The predicted molar refractivity (Wildman–Crippen MR) is 260 cm³/mol. The fourth-order valence-electron chi connectivity index (χ4n) is 12.9. The van der Waals surface area contributed by atoms with E-state index in [9.17, 15) is 0 Å². The molecule has 2 unspecified atom stereocenters. The molecule has 0 heterocycles. The quantitative estimate of drug-likeness (QED) is 0.0477. The molecule has 3 fully saturated rings. The molecule has 0 spiro atoms. The van der Waals surface area contributed by atoms with Crippen LogP contribution in [0.1, 0.15) is 228 Å². The maximum atomic E-state index is 6.59. The second-order valence-corrected chi connectivity index (χ2v) is 22.1. The molecular formula is C56H103NO3. The predicted octanol–water partition coefficient (Wildman–Crippen LogP) is 16.0. The molecule has 0 amide bonds. The maximum absolute atomic E-state index is 6.59. The lowest BCUT2D eigenvalue weighted by molar-refractivity contribution is -0.0641. The molecular weight excluding hydrogens is 735 g/mol. The van der Waals surface area contributed by atoms with Crippen LogP contribution in [0.3, 0.4) is 0 Å². The Kier molecular flexibility index (Phi) is 25.1. The van der Waals surface area contributed by atoms with Crippen molar-refractivity contribution in [2.45, 2.75) is 240 Å². The number of nitrogens with zero attached hydrogens (tertiary/aromatic N) is 1. The molecule has 0 radical (unpaired) electrons. The van der Waals surface area contributed by atoms with Crippen molar-refractivity contribution in [3.8, 4) is 0 Å². The van der Waals surface area contributed by atoms with Gasteiger partial charge in [0.2, 0.25) is 0 Å². The molecule has 4 aliphatic carbocycles. The van der Waals surface area contributed by atoms with Crippen molar-refractivity contribution in [2.75, 3.05) is 47.1 Å². The second-order valence-electron chi connectivity index (χ2n) is 22.1. The van der Waals surface area contributed by atoms with E-state index in [1.165, 1.54) is 180 Å². The third-order valence-corrected chi connectivity index (χ3v) is 16.9. The van der Waals surface area contributed by atoms with Crippen molar-refractivity contribution in [3.05, 3.63) is 23.8 Å². The van der Waals surface area contributed by atoms with E-state index in [1.807, 2.05) is 0 Å². The summed E-state index contributed by atoms with van der Waals surface area (Å²) in [6, 6.07) is 0.335. The Labute approximate surface area is 375 Å². The first-order valence-corrected chi connectivity index (χ1v) is 26.9. The number of fused-ring (bicyclic) bond motifs is 5. The number of ether oxygens (including phenoxy) is 3. The van der Waals surface area contributed by atoms with Crippen LogP contribution in [-0.2, 0) is 14.2 Å². The normalized spacial score (nSPS) is 28.9. The zero-order valence-electron chi connectivity index (χ0n) is 41.6. The van der Waals surface area contributed by atoms with Crippen molar-refractivity contribution in [2.24, 2.45) is 46.3 Å². The SMILES string of the molecule is CCCCCCCC/C=C\CCCCCCCCOC[C@H](COCCCCCCO[C@H]1CC[C@@]2(C)C(=CC[C@@H]3C2CC[C@@]2(C)C3CC[C@@H]2[C@H](C)CCCC(C)C)C1)N(C)C. The number of hydrogen-bond acceptors (Lipinski definition) is 4. The van der Waals surface area contributed by atoms with Crippen molar-refractivity contribution in [1.82, 2.24) is 4.90 Å². The average Bonchev–Trinajstić information content (AvgIpc) is 3.59. The summed E-state index contributed by atoms with van der Waals surface area (Å²) < 4.78 is 18.8. The fraction of sp³-hybridized carbons (Fsp3) is 0.929. The maximum Gasteiger partial charge on any atom is 0.0644 e. The van der Waals surface area contributed by atoms with Gasteiger partial charge in [-0.1, -0.05) is 155 Å². The molecule has 0 aliphatic heterocycles. The largest absolute Gasteiger partial charge is 0.380 e. The van der Waals surface area contributed by atoms with Gasteiger partial charge in [0.05, 0.1) is 25.4 Å². The van der Waals surface area contributed by atoms with E-state index in [1.54, 1.807) is 5.57 Å². The minimum atomic E-state index is 0.335. The lowest BCUT2D eigenvalue weighted by atomic mass is 9.47. The highest BCUT2D eigenvalue weighted by atomic mass is 16.5. The minimum Gasteiger partial charge on any atom is -0.380 e. The van der Waals surface area contributed by atoms with Gasteiger partial charge in [0.25, 0.3) is 0 Å². The standard InChI is InChI=1S/C56H103NO3/c1-9-10-11-12-13-14-15-16-17-18-19-20-21-22-23-26-40-58-44-49(57(7)8)45-59-41-27-24-25-28-42-60-50-36-38-55(5)48(43-50)32-33-51-53-35-34-52(47(4)31-29-30-46(2)3)56(53,6)39-37-54(51)55/h16-17,32,46-47,49-54H,9-15,18-31,33-45H2,1-8H3/b17-16-/t47-,49-,50+,51+,52-,53?,54?,55+,56-/m1/s1. The summed E-state index contributed by atoms with van der Waals surface area (Å²) in [4.78, 5) is 2.26. The Hall–Kier alpha value is -0.680. The van der Waals surface area contributed by atoms with E-state index in [0.717, 1.165) is 75.0 Å². The van der Waals surface area contributed by atoms with Gasteiger partial charge >= 0.3 is 0 Å². The minimum absolute atomic E-state index is 0.335. The third kappa shape index (κ3) is 17.0. The molecule has 0 aromatic carbocycles. The van der Waals surface area contributed by atoms with Crippen molar-refractivity contribution in [1.29, 1.82) is 0 Å². The molecule has 4 rings (SSSR count). The van der Waals surface area contributed by atoms with Crippen molar-refractivity contribution in [3.63, 3.8) is 0 Å². The van der Waals surface area contributed by atoms with Crippen LogP contribution in [0.15, 0.2) is 23.8 Å². The van der Waals surface area contributed by atoms with Crippen LogP contribution >= 0.6 is 0 Å². The van der Waals surface area contributed by atoms with Gasteiger partial charge in [0, 0.05) is 19.8 Å². The summed E-state index contributed by atoms with van der Waals surface area (Å²) in [5.74, 6) is 5.48. The summed E-state index contributed by atoms with van der Waals surface area (Å²) >= 11 is 0. The highest BCUT2D eigenvalue weighted by Gasteiger charge is 2.59. The van der Waals surface area contributed by atoms with Gasteiger partial charge in [-0.2, -0.15) is 0 Å². The van der Waals surface area contributed by atoms with E-state index in [2.05, 4.69) is 78.8 Å². The van der Waals surface area contributed by atoms with Crippen LogP contribution in [-0.4, -0.2) is 64.2 Å². The van der Waals surface area contributed by atoms with Crippen molar-refractivity contribution < 1.29 is 14.2 Å². The number of hydrogen-bond donors (Lipinski definition) is 0. The molecule has 0 aromatic heterocycles. The van der Waals surface area contributed by atoms with Gasteiger partial charge in [0.15, 0.2) is 0 Å². The fourth-order valence-corrected chi connectivity index (χ4v) is 12.9. The summed E-state index contributed by atoms with van der Waals surface area (Å²) in [7, 11) is 4.31. The molecule has 350 valence electrons. The van der Waals surface area contributed by atoms with Crippen LogP contribution in [0.25, 0.3) is 0 Å². The molecule has 3 saturated carbocycles. The van der Waals surface area contributed by atoms with Crippen LogP contribution in [0.5, 0.6) is 0 Å². The lowest BCUT2D eigenvalue weighted by Crippen LogP contribution is -2.51. The van der Waals surface area contributed by atoms with E-state index in [-0.39, 0.29) is 0 Å². The zero-order valence-corrected chi connectivity index (χ0v) is 41.6. The number of allylic oxidation sites excluding steroid dienone is 3. The van der Waals surface area contributed by atoms with Gasteiger partial charge in [-0.15, -0.1) is 0 Å². The molecule has 0 aromatic rings. The first-order chi connectivity index (χ1) is 29.1. The summed E-state index contributed by atoms with van der Waals surface area (Å²) in [5, 5.41) is 0. The Morgan fingerprint density at radius 3 is 1.88 bits per heavy atom. The smallest absolute Gasteiger partial charge is 0.0644 e. The molecule has 4 aliphatic rings. The Morgan fingerprint density at radius 2 is 1.27 bits per heavy atom. The van der Waals surface area contributed by atoms with Crippen molar-refractivity contribution >= 4 is 0 Å². The topological polar surface area (TPSA) is 30.9 Å². The molecule has 4 nitrogen and oxygen atoms in total. The average molecular weight is 838 g/mol. The van der Waals surface area contributed by atoms with E-state index in [0.29, 0.717) is 23.0 Å². The van der Waals surface area contributed by atoms with E-state index < -0.39 is 0 Å². The molecule has 0 saturated heterocycles. The first-order valence-electron chi connectivity index (χ1n) is 26.9. The number of rotatable bonds is 34. The summed E-state index contributed by atoms with van der Waals surface area (Å²) in [6.07, 6.45) is 47.0. The molecule has 0 bridgehead atoms. The van der Waals surface area contributed by atoms with E-state index in [4.69, 9.17) is 14.2 Å². The Balaban J connectivity index is 0.976. The Morgan fingerprint density at radius 1 is 0.667 bits per heavy atom. The van der Waals surface area contributed by atoms with Gasteiger partial charge in [-0.25, -0.2) is 0 Å². The van der Waals surface area contributed by atoms with Gasteiger partial charge in [-0.05, 0) is 157 Å². The van der Waals surface area contributed by atoms with Gasteiger partial charge in [-0.3, -0.25) is 0 Å². The van der Waals surface area contributed by atoms with Gasteiger partial charge < -0.3 is 19.1 Å². The van der Waals surface area contributed by atoms with E-state index >= 15 is 0 Å². The van der Waals surface area contributed by atoms with Crippen LogP contribution in [0.2, 0.25) is 0 Å². The highest BCUT2D eigenvalue weighted by molar-refractivity contribution is 5.25. The number of likely N-dealkylation sites (N-methyl/N-ethyl adjacent to an activating group) is 1. The monoisotopic (exact) mass is 838 g/mol. The van der Waals surface area contributed by atoms with Crippen LogP contribution in [0, 0.1) is 46.3 Å². The summed E-state index contributed by atoms with van der Waals surface area (Å²) in [5.41, 5.74) is 2.78. The zero-order chi connectivity index (χ0) is 43.1. The lowest BCUT2D eigenvalue weighted by Gasteiger charge is -2.58. The molecule has 60 heavy (non-hydrogen) atoms. The second kappa shape index (κ2) is 29.0. The van der Waals surface area contributed by atoms with Crippen LogP contribution < -0.4 is 0 Å². The third-order valence-electron chi connectivity index (χ3n) is 16.9. The molecule has 0 N–H and O–H groups in total. The molecule has 9 atom stereocenters. The first kappa shape index (κ1) is 51.9. The van der Waals surface area contributed by atoms with Gasteiger partial charge in [0.1, 0.15) is 0 Å². The van der Waals surface area contributed by atoms with Crippen LogP contribution in [0.4, 0.5) is 0 Å². The molecule has 4 heteroatoms.